The van der Waals surface area contributed by atoms with Crippen LogP contribution >= 0.6 is 0 Å². The first-order valence-electron chi connectivity index (χ1n) is 7.21. The highest BCUT2D eigenvalue weighted by Crippen LogP contribution is 2.36. The van der Waals surface area contributed by atoms with Gasteiger partial charge in [0, 0.05) is 13.1 Å². The fourth-order valence-electron chi connectivity index (χ4n) is 3.29. The van der Waals surface area contributed by atoms with Crippen LogP contribution in [0.1, 0.15) is 24.0 Å². The SMILES string of the molecule is Cc1ccc(C)c(S(=O)(=O)N2CC3CC=CCC3C2)c1. The molecule has 0 radical (unpaired) electrons. The van der Waals surface area contributed by atoms with Gasteiger partial charge in [0.1, 0.15) is 0 Å². The van der Waals surface area contributed by atoms with Gasteiger partial charge in [-0.15, -0.1) is 0 Å². The van der Waals surface area contributed by atoms with E-state index in [1.165, 1.54) is 0 Å². The summed E-state index contributed by atoms with van der Waals surface area (Å²) in [4.78, 5) is 0.476. The van der Waals surface area contributed by atoms with Crippen molar-refractivity contribution in [1.82, 2.24) is 4.31 Å². The molecule has 3 nitrogen and oxygen atoms in total. The maximum atomic E-state index is 12.9. The van der Waals surface area contributed by atoms with Crippen molar-refractivity contribution < 1.29 is 8.42 Å². The molecule has 0 spiro atoms. The Bertz CT molecular complexity index is 632. The largest absolute Gasteiger partial charge is 0.243 e. The summed E-state index contributed by atoms with van der Waals surface area (Å²) in [6.45, 7) is 5.15. The summed E-state index contributed by atoms with van der Waals surface area (Å²) in [7, 11) is -3.34. The summed E-state index contributed by atoms with van der Waals surface area (Å²) in [6.07, 6.45) is 6.41. The van der Waals surface area contributed by atoms with Crippen LogP contribution < -0.4 is 0 Å². The standard InChI is InChI=1S/C16H21NO2S/c1-12-7-8-13(2)16(9-12)20(18,19)17-10-14-5-3-4-6-15(14)11-17/h3-4,7-9,14-15H,5-6,10-11H2,1-2H3. The molecule has 1 fully saturated rings. The monoisotopic (exact) mass is 291 g/mol. The van der Waals surface area contributed by atoms with Crippen LogP contribution in [-0.4, -0.2) is 25.8 Å². The van der Waals surface area contributed by atoms with Gasteiger partial charge in [0.05, 0.1) is 4.90 Å². The Morgan fingerprint density at radius 2 is 1.65 bits per heavy atom. The van der Waals surface area contributed by atoms with Crippen molar-refractivity contribution in [2.24, 2.45) is 11.8 Å². The average Bonchev–Trinajstić information content (AvgIpc) is 2.86. The van der Waals surface area contributed by atoms with E-state index in [2.05, 4.69) is 12.2 Å². The van der Waals surface area contributed by atoms with Crippen LogP contribution in [0, 0.1) is 25.7 Å². The van der Waals surface area contributed by atoms with Gasteiger partial charge in [0.2, 0.25) is 10.0 Å². The van der Waals surface area contributed by atoms with Gasteiger partial charge in [-0.05, 0) is 55.7 Å². The molecular weight excluding hydrogens is 270 g/mol. The van der Waals surface area contributed by atoms with Crippen molar-refractivity contribution in [1.29, 1.82) is 0 Å². The highest BCUT2D eigenvalue weighted by molar-refractivity contribution is 7.89. The third-order valence-corrected chi connectivity index (χ3v) is 6.52. The molecule has 2 atom stereocenters. The lowest BCUT2D eigenvalue weighted by Crippen LogP contribution is -2.29. The Hall–Kier alpha value is -1.13. The summed E-state index contributed by atoms with van der Waals surface area (Å²) in [6, 6.07) is 5.65. The zero-order valence-corrected chi connectivity index (χ0v) is 12.9. The molecule has 0 aromatic heterocycles. The summed E-state index contributed by atoms with van der Waals surface area (Å²) >= 11 is 0. The van der Waals surface area contributed by atoms with Crippen LogP contribution in [-0.2, 0) is 10.0 Å². The lowest BCUT2D eigenvalue weighted by Gasteiger charge is -2.18. The van der Waals surface area contributed by atoms with Gasteiger partial charge >= 0.3 is 0 Å². The molecule has 2 unspecified atom stereocenters. The zero-order chi connectivity index (χ0) is 14.3. The van der Waals surface area contributed by atoms with E-state index in [1.54, 1.807) is 10.4 Å². The zero-order valence-electron chi connectivity index (χ0n) is 12.0. The molecule has 1 saturated heterocycles. The van der Waals surface area contributed by atoms with Crippen LogP contribution in [0.5, 0.6) is 0 Å². The van der Waals surface area contributed by atoms with E-state index in [9.17, 15) is 8.42 Å². The highest BCUT2D eigenvalue weighted by Gasteiger charge is 2.39. The van der Waals surface area contributed by atoms with Crippen molar-refractivity contribution in [2.45, 2.75) is 31.6 Å². The minimum atomic E-state index is -3.34. The van der Waals surface area contributed by atoms with Crippen molar-refractivity contribution in [3.8, 4) is 0 Å². The molecule has 4 heteroatoms. The van der Waals surface area contributed by atoms with E-state index >= 15 is 0 Å². The maximum absolute atomic E-state index is 12.9. The number of nitrogens with zero attached hydrogens (tertiary/aromatic N) is 1. The van der Waals surface area contributed by atoms with Gasteiger partial charge < -0.3 is 0 Å². The van der Waals surface area contributed by atoms with Gasteiger partial charge in [-0.1, -0.05) is 24.3 Å². The summed E-state index contributed by atoms with van der Waals surface area (Å²) in [5, 5.41) is 0. The van der Waals surface area contributed by atoms with Gasteiger partial charge in [0.25, 0.3) is 0 Å². The fraction of sp³-hybridized carbons (Fsp3) is 0.500. The molecule has 0 saturated carbocycles. The number of benzene rings is 1. The van der Waals surface area contributed by atoms with Gasteiger partial charge in [-0.25, -0.2) is 8.42 Å². The second kappa shape index (κ2) is 5.01. The molecule has 1 aromatic rings. The van der Waals surface area contributed by atoms with E-state index in [-0.39, 0.29) is 0 Å². The number of sulfonamides is 1. The van der Waals surface area contributed by atoms with Crippen LogP contribution in [0.15, 0.2) is 35.2 Å². The molecular formula is C16H21NO2S. The number of rotatable bonds is 2. The third kappa shape index (κ3) is 2.31. The molecule has 0 amide bonds. The number of aryl methyl sites for hydroxylation is 2. The Balaban J connectivity index is 1.91. The Morgan fingerprint density at radius 3 is 2.25 bits per heavy atom. The Morgan fingerprint density at radius 1 is 1.05 bits per heavy atom. The first-order chi connectivity index (χ1) is 9.48. The van der Waals surface area contributed by atoms with Crippen LogP contribution in [0.2, 0.25) is 0 Å². The summed E-state index contributed by atoms with van der Waals surface area (Å²) in [5.74, 6) is 1.000. The molecule has 0 bridgehead atoms. The molecule has 0 N–H and O–H groups in total. The van der Waals surface area contributed by atoms with E-state index in [0.717, 1.165) is 24.0 Å². The van der Waals surface area contributed by atoms with E-state index in [0.29, 0.717) is 29.8 Å². The molecule has 1 aliphatic carbocycles. The predicted octanol–water partition coefficient (Wildman–Crippen LogP) is 2.89. The molecule has 108 valence electrons. The second-order valence-electron chi connectivity index (χ2n) is 6.05. The minimum Gasteiger partial charge on any atom is -0.207 e. The van der Waals surface area contributed by atoms with E-state index in [4.69, 9.17) is 0 Å². The Kier molecular flexibility index (Phi) is 3.46. The van der Waals surface area contributed by atoms with E-state index in [1.807, 2.05) is 26.0 Å². The third-order valence-electron chi connectivity index (χ3n) is 4.55. The minimum absolute atomic E-state index is 0.476. The van der Waals surface area contributed by atoms with Gasteiger partial charge in [-0.3, -0.25) is 0 Å². The average molecular weight is 291 g/mol. The van der Waals surface area contributed by atoms with Crippen molar-refractivity contribution in [3.63, 3.8) is 0 Å². The summed E-state index contributed by atoms with van der Waals surface area (Å²) in [5.41, 5.74) is 1.83. The first-order valence-corrected chi connectivity index (χ1v) is 8.65. The van der Waals surface area contributed by atoms with Crippen LogP contribution in [0.4, 0.5) is 0 Å². The lowest BCUT2D eigenvalue weighted by atomic mass is 9.86. The van der Waals surface area contributed by atoms with Gasteiger partial charge in [-0.2, -0.15) is 4.31 Å². The van der Waals surface area contributed by atoms with Crippen molar-refractivity contribution >= 4 is 10.0 Å². The summed E-state index contributed by atoms with van der Waals surface area (Å²) < 4.78 is 27.4. The molecule has 3 rings (SSSR count). The molecule has 1 aliphatic heterocycles. The highest BCUT2D eigenvalue weighted by atomic mass is 32.2. The number of allylic oxidation sites excluding steroid dienone is 2. The first kappa shape index (κ1) is 13.8. The van der Waals surface area contributed by atoms with Crippen molar-refractivity contribution in [2.75, 3.05) is 13.1 Å². The topological polar surface area (TPSA) is 37.4 Å². The normalized spacial score (nSPS) is 26.7. The second-order valence-corrected chi connectivity index (χ2v) is 7.96. The van der Waals surface area contributed by atoms with Crippen LogP contribution in [0.25, 0.3) is 0 Å². The van der Waals surface area contributed by atoms with E-state index < -0.39 is 10.0 Å². The number of fused-ring (bicyclic) bond motifs is 1. The number of hydrogen-bond donors (Lipinski definition) is 0. The van der Waals surface area contributed by atoms with Crippen molar-refractivity contribution in [3.05, 3.63) is 41.5 Å². The maximum Gasteiger partial charge on any atom is 0.243 e. The molecule has 2 aliphatic rings. The smallest absolute Gasteiger partial charge is 0.207 e. The predicted molar refractivity (Wildman–Crippen MR) is 80.0 cm³/mol. The molecule has 20 heavy (non-hydrogen) atoms. The number of hydrogen-bond acceptors (Lipinski definition) is 2. The quantitative estimate of drug-likeness (QED) is 0.786. The Labute approximate surface area is 121 Å². The molecule has 1 aromatic carbocycles. The fourth-order valence-corrected chi connectivity index (χ4v) is 5.16. The lowest BCUT2D eigenvalue weighted by molar-refractivity contribution is 0.411. The molecule has 1 heterocycles. The van der Waals surface area contributed by atoms with Gasteiger partial charge in [0.15, 0.2) is 0 Å². The van der Waals surface area contributed by atoms with Crippen LogP contribution in [0.3, 0.4) is 0 Å².